The van der Waals surface area contributed by atoms with E-state index in [0.29, 0.717) is 11.0 Å². The molecule has 2 aromatic heterocycles. The third-order valence-electron chi connectivity index (χ3n) is 4.52. The summed E-state index contributed by atoms with van der Waals surface area (Å²) in [7, 11) is -3.65. The largest absolute Gasteiger partial charge is 0.344 e. The van der Waals surface area contributed by atoms with Crippen molar-refractivity contribution in [1.29, 1.82) is 0 Å². The zero-order chi connectivity index (χ0) is 19.0. The lowest BCUT2D eigenvalue weighted by atomic mass is 10.1. The van der Waals surface area contributed by atoms with Gasteiger partial charge in [-0.25, -0.2) is 17.8 Å². The van der Waals surface area contributed by atoms with Crippen molar-refractivity contribution >= 4 is 27.0 Å². The minimum atomic E-state index is -3.65. The van der Waals surface area contributed by atoms with E-state index in [0.717, 1.165) is 6.07 Å². The quantitative estimate of drug-likeness (QED) is 0.727. The van der Waals surface area contributed by atoms with E-state index >= 15 is 0 Å². The number of imidazole rings is 1. The smallest absolute Gasteiger partial charge is 0.256 e. The number of halogens is 1. The highest BCUT2D eigenvalue weighted by Crippen LogP contribution is 2.21. The summed E-state index contributed by atoms with van der Waals surface area (Å²) in [6.45, 7) is 0.728. The molecule has 1 saturated heterocycles. The SMILES string of the molecule is O=C(c1cc(F)cc2[nH]cnc12)N1CCN(S(=O)(=O)c2cccnc2)CC1. The molecule has 8 nitrogen and oxygen atoms in total. The number of rotatable bonds is 3. The van der Waals surface area contributed by atoms with Gasteiger partial charge >= 0.3 is 0 Å². The van der Waals surface area contributed by atoms with Crippen LogP contribution in [0.15, 0.2) is 47.9 Å². The van der Waals surface area contributed by atoms with Crippen LogP contribution in [0.2, 0.25) is 0 Å². The number of nitrogens with zero attached hydrogens (tertiary/aromatic N) is 4. The maximum absolute atomic E-state index is 13.8. The maximum Gasteiger partial charge on any atom is 0.256 e. The second kappa shape index (κ2) is 6.71. The molecule has 1 aliphatic heterocycles. The average molecular weight is 389 g/mol. The number of piperazine rings is 1. The number of pyridine rings is 1. The summed E-state index contributed by atoms with van der Waals surface area (Å²) in [4.78, 5) is 25.2. The predicted octanol–water partition coefficient (Wildman–Crippen LogP) is 1.24. The first kappa shape index (κ1) is 17.6. The number of sulfonamides is 1. The zero-order valence-electron chi connectivity index (χ0n) is 14.2. The molecule has 10 heteroatoms. The summed E-state index contributed by atoms with van der Waals surface area (Å²) in [5.41, 5.74) is 0.998. The molecule has 0 atom stereocenters. The monoisotopic (exact) mass is 389 g/mol. The molecule has 0 radical (unpaired) electrons. The first-order chi connectivity index (χ1) is 13.0. The van der Waals surface area contributed by atoms with Gasteiger partial charge in [0.05, 0.1) is 17.4 Å². The Labute approximate surface area is 154 Å². The molecule has 1 N–H and O–H groups in total. The van der Waals surface area contributed by atoms with E-state index in [-0.39, 0.29) is 42.5 Å². The molecule has 0 bridgehead atoms. The molecule has 0 saturated carbocycles. The second-order valence-corrected chi connectivity index (χ2v) is 8.08. The van der Waals surface area contributed by atoms with Gasteiger partial charge in [0.25, 0.3) is 5.91 Å². The van der Waals surface area contributed by atoms with Gasteiger partial charge < -0.3 is 9.88 Å². The highest BCUT2D eigenvalue weighted by atomic mass is 32.2. The maximum atomic E-state index is 13.8. The molecule has 3 aromatic rings. The number of nitrogens with one attached hydrogen (secondary N) is 1. The Morgan fingerprint density at radius 3 is 2.67 bits per heavy atom. The van der Waals surface area contributed by atoms with E-state index in [4.69, 9.17) is 0 Å². The van der Waals surface area contributed by atoms with Crippen LogP contribution in [0.3, 0.4) is 0 Å². The van der Waals surface area contributed by atoms with E-state index in [1.54, 1.807) is 6.07 Å². The fourth-order valence-electron chi connectivity index (χ4n) is 3.13. The zero-order valence-corrected chi connectivity index (χ0v) is 15.0. The summed E-state index contributed by atoms with van der Waals surface area (Å²) in [6, 6.07) is 5.48. The van der Waals surface area contributed by atoms with Crippen LogP contribution in [0.25, 0.3) is 11.0 Å². The molecule has 4 rings (SSSR count). The van der Waals surface area contributed by atoms with Crippen molar-refractivity contribution in [2.45, 2.75) is 4.90 Å². The number of hydrogen-bond acceptors (Lipinski definition) is 5. The second-order valence-electron chi connectivity index (χ2n) is 6.14. The Kier molecular flexibility index (Phi) is 4.36. The van der Waals surface area contributed by atoms with Crippen molar-refractivity contribution in [2.75, 3.05) is 26.2 Å². The predicted molar refractivity (Wildman–Crippen MR) is 95.0 cm³/mol. The van der Waals surface area contributed by atoms with Crippen LogP contribution in [0.4, 0.5) is 4.39 Å². The van der Waals surface area contributed by atoms with Gasteiger partial charge in [-0.15, -0.1) is 0 Å². The molecule has 0 spiro atoms. The number of benzene rings is 1. The summed E-state index contributed by atoms with van der Waals surface area (Å²) in [5.74, 6) is -0.905. The topological polar surface area (TPSA) is 99.3 Å². The molecule has 1 aliphatic rings. The van der Waals surface area contributed by atoms with Gasteiger partial charge in [-0.3, -0.25) is 9.78 Å². The minimum Gasteiger partial charge on any atom is -0.344 e. The number of aromatic amines is 1. The summed E-state index contributed by atoms with van der Waals surface area (Å²) < 4.78 is 40.4. The lowest BCUT2D eigenvalue weighted by Gasteiger charge is -2.34. The first-order valence-corrected chi connectivity index (χ1v) is 9.73. The number of fused-ring (bicyclic) bond motifs is 1. The Balaban J connectivity index is 1.52. The van der Waals surface area contributed by atoms with Gasteiger partial charge in [-0.1, -0.05) is 0 Å². The summed E-state index contributed by atoms with van der Waals surface area (Å²) in [6.07, 6.45) is 4.21. The third kappa shape index (κ3) is 3.17. The fraction of sp³-hybridized carbons (Fsp3) is 0.235. The molecule has 0 aliphatic carbocycles. The van der Waals surface area contributed by atoms with Crippen molar-refractivity contribution in [3.63, 3.8) is 0 Å². The van der Waals surface area contributed by atoms with Gasteiger partial charge in [0.1, 0.15) is 16.2 Å². The number of aromatic nitrogens is 3. The number of H-pyrrole nitrogens is 1. The van der Waals surface area contributed by atoms with Crippen LogP contribution in [0, 0.1) is 5.82 Å². The molecule has 0 unspecified atom stereocenters. The van der Waals surface area contributed by atoms with Crippen LogP contribution >= 0.6 is 0 Å². The van der Waals surface area contributed by atoms with E-state index in [2.05, 4.69) is 15.0 Å². The van der Waals surface area contributed by atoms with Crippen LogP contribution in [0.5, 0.6) is 0 Å². The number of amides is 1. The highest BCUT2D eigenvalue weighted by Gasteiger charge is 2.31. The first-order valence-electron chi connectivity index (χ1n) is 8.29. The van der Waals surface area contributed by atoms with Crippen LogP contribution in [-0.4, -0.2) is 64.7 Å². The summed E-state index contributed by atoms with van der Waals surface area (Å²) in [5, 5.41) is 0. The Morgan fingerprint density at radius 1 is 1.19 bits per heavy atom. The molecule has 1 fully saturated rings. The Bertz CT molecular complexity index is 1090. The fourth-order valence-corrected chi connectivity index (χ4v) is 4.52. The van der Waals surface area contributed by atoms with Crippen molar-refractivity contribution in [2.24, 2.45) is 0 Å². The average Bonchev–Trinajstić information content (AvgIpc) is 3.16. The van der Waals surface area contributed by atoms with Crippen LogP contribution in [0.1, 0.15) is 10.4 Å². The Morgan fingerprint density at radius 2 is 1.96 bits per heavy atom. The number of carbonyl (C=O) groups excluding carboxylic acids is 1. The van der Waals surface area contributed by atoms with E-state index in [9.17, 15) is 17.6 Å². The van der Waals surface area contributed by atoms with E-state index < -0.39 is 15.8 Å². The number of hydrogen-bond donors (Lipinski definition) is 1. The highest BCUT2D eigenvalue weighted by molar-refractivity contribution is 7.89. The lowest BCUT2D eigenvalue weighted by molar-refractivity contribution is 0.0699. The van der Waals surface area contributed by atoms with Gasteiger partial charge in [-0.2, -0.15) is 4.31 Å². The van der Waals surface area contributed by atoms with Crippen molar-refractivity contribution in [3.8, 4) is 0 Å². The van der Waals surface area contributed by atoms with Gasteiger partial charge in [0, 0.05) is 38.6 Å². The van der Waals surface area contributed by atoms with Crippen molar-refractivity contribution in [3.05, 3.63) is 54.4 Å². The minimum absolute atomic E-state index is 0.119. The molecular formula is C17H16FN5O3S. The van der Waals surface area contributed by atoms with Crippen LogP contribution in [-0.2, 0) is 10.0 Å². The van der Waals surface area contributed by atoms with Crippen LogP contribution < -0.4 is 0 Å². The van der Waals surface area contributed by atoms with E-state index in [1.165, 1.54) is 40.1 Å². The molecule has 1 aromatic carbocycles. The molecule has 27 heavy (non-hydrogen) atoms. The molecular weight excluding hydrogens is 373 g/mol. The lowest BCUT2D eigenvalue weighted by Crippen LogP contribution is -2.50. The molecule has 1 amide bonds. The normalized spacial score (nSPS) is 16.0. The Hall–Kier alpha value is -2.85. The number of carbonyl (C=O) groups is 1. The summed E-state index contributed by atoms with van der Waals surface area (Å²) >= 11 is 0. The van der Waals surface area contributed by atoms with Crippen molar-refractivity contribution in [1.82, 2.24) is 24.2 Å². The van der Waals surface area contributed by atoms with Gasteiger partial charge in [-0.05, 0) is 24.3 Å². The molecule has 3 heterocycles. The van der Waals surface area contributed by atoms with Gasteiger partial charge in [0.15, 0.2) is 0 Å². The van der Waals surface area contributed by atoms with E-state index in [1.807, 2.05) is 0 Å². The molecule has 140 valence electrons. The van der Waals surface area contributed by atoms with Crippen molar-refractivity contribution < 1.29 is 17.6 Å². The van der Waals surface area contributed by atoms with Gasteiger partial charge in [0.2, 0.25) is 10.0 Å². The third-order valence-corrected chi connectivity index (χ3v) is 6.40. The standard InChI is InChI=1S/C17H16FN5O3S/c18-12-8-14(16-15(9-12)20-11-21-16)17(24)22-4-6-23(7-5-22)27(25,26)13-2-1-3-19-10-13/h1-3,8-11H,4-7H2,(H,20,21).